The summed E-state index contributed by atoms with van der Waals surface area (Å²) in [5, 5.41) is 14.0. The van der Waals surface area contributed by atoms with Crippen LogP contribution in [0.15, 0.2) is 46.3 Å². The molecule has 0 unspecified atom stereocenters. The molecule has 0 amide bonds. The molecule has 3 aromatic rings. The molecule has 1 N–H and O–H groups in total. The highest BCUT2D eigenvalue weighted by molar-refractivity contribution is 6.32. The molecule has 0 spiro atoms. The number of benzene rings is 2. The Labute approximate surface area is 195 Å². The molecule has 0 radical (unpaired) electrons. The number of aromatic nitrogens is 2. The largest absolute Gasteiger partial charge is 0.493 e. The number of carboxylic acids is 1. The van der Waals surface area contributed by atoms with Crippen LogP contribution >= 0.6 is 11.6 Å². The summed E-state index contributed by atoms with van der Waals surface area (Å²) in [7, 11) is 1.43. The summed E-state index contributed by atoms with van der Waals surface area (Å²) in [6.07, 6.45) is 6.83. The van der Waals surface area contributed by atoms with Crippen molar-refractivity contribution < 1.29 is 19.4 Å². The van der Waals surface area contributed by atoms with Crippen LogP contribution in [-0.2, 0) is 4.79 Å². The molecule has 9 heteroatoms. The maximum absolute atomic E-state index is 13.3. The molecule has 1 aliphatic carbocycles. The molecule has 0 bridgehead atoms. The first-order valence-corrected chi connectivity index (χ1v) is 11.1. The third-order valence-electron chi connectivity index (χ3n) is 5.66. The Bertz CT molecular complexity index is 1260. The molecule has 1 aliphatic rings. The van der Waals surface area contributed by atoms with Crippen molar-refractivity contribution in [3.63, 3.8) is 0 Å². The highest BCUT2D eigenvalue weighted by atomic mass is 35.5. The first kappa shape index (κ1) is 22.8. The fraction of sp³-hybridized carbons (Fsp3) is 0.333. The summed E-state index contributed by atoms with van der Waals surface area (Å²) >= 11 is 6.30. The predicted molar refractivity (Wildman–Crippen MR) is 126 cm³/mol. The molecule has 8 nitrogen and oxygen atoms in total. The molecule has 1 aromatic heterocycles. The molecular formula is C24H24ClN3O5. The Kier molecular flexibility index (Phi) is 6.93. The number of nitrogens with zero attached hydrogens (tertiary/aromatic N) is 3. The average Bonchev–Trinajstić information content (AvgIpc) is 2.82. The molecule has 172 valence electrons. The van der Waals surface area contributed by atoms with Crippen molar-refractivity contribution in [3.8, 4) is 11.5 Å². The number of fused-ring (bicyclic) bond motifs is 1. The molecule has 33 heavy (non-hydrogen) atoms. The minimum Gasteiger partial charge on any atom is -0.493 e. The van der Waals surface area contributed by atoms with Crippen molar-refractivity contribution in [2.24, 2.45) is 5.10 Å². The van der Waals surface area contributed by atoms with Gasteiger partial charge in [0.05, 0.1) is 29.2 Å². The number of halogens is 1. The Hall–Kier alpha value is -3.39. The average molecular weight is 470 g/mol. The fourth-order valence-electron chi connectivity index (χ4n) is 4.09. The van der Waals surface area contributed by atoms with Crippen molar-refractivity contribution in [1.29, 1.82) is 0 Å². The van der Waals surface area contributed by atoms with Gasteiger partial charge >= 0.3 is 5.97 Å². The van der Waals surface area contributed by atoms with Gasteiger partial charge in [-0.15, -0.1) is 0 Å². The lowest BCUT2D eigenvalue weighted by Gasteiger charge is -2.22. The van der Waals surface area contributed by atoms with E-state index in [0.717, 1.165) is 25.7 Å². The maximum Gasteiger partial charge on any atom is 0.341 e. The second-order valence-electron chi connectivity index (χ2n) is 7.90. The number of methoxy groups -OCH3 is 1. The summed E-state index contributed by atoms with van der Waals surface area (Å²) in [5.74, 6) is 0.0947. The van der Waals surface area contributed by atoms with Crippen LogP contribution in [0, 0.1) is 0 Å². The van der Waals surface area contributed by atoms with E-state index in [1.807, 2.05) is 12.1 Å². The minimum absolute atomic E-state index is 0.131. The van der Waals surface area contributed by atoms with E-state index in [1.54, 1.807) is 24.3 Å². The highest BCUT2D eigenvalue weighted by Gasteiger charge is 2.22. The van der Waals surface area contributed by atoms with Gasteiger partial charge in [0.15, 0.2) is 18.1 Å². The van der Waals surface area contributed by atoms with Gasteiger partial charge in [-0.25, -0.2) is 9.78 Å². The van der Waals surface area contributed by atoms with Crippen molar-refractivity contribution in [2.75, 3.05) is 13.7 Å². The zero-order valence-corrected chi connectivity index (χ0v) is 18.9. The van der Waals surface area contributed by atoms with Gasteiger partial charge in [0, 0.05) is 5.92 Å². The van der Waals surface area contributed by atoms with Crippen LogP contribution in [0.1, 0.15) is 49.4 Å². The van der Waals surface area contributed by atoms with Crippen molar-refractivity contribution >= 4 is 34.7 Å². The highest BCUT2D eigenvalue weighted by Crippen LogP contribution is 2.36. The number of carboxylic acid groups (broad SMARTS) is 1. The Morgan fingerprint density at radius 1 is 1.27 bits per heavy atom. The Morgan fingerprint density at radius 3 is 2.76 bits per heavy atom. The summed E-state index contributed by atoms with van der Waals surface area (Å²) in [4.78, 5) is 28.9. The Balaban J connectivity index is 1.76. The van der Waals surface area contributed by atoms with Crippen LogP contribution in [0.2, 0.25) is 5.02 Å². The zero-order chi connectivity index (χ0) is 23.4. The Morgan fingerprint density at radius 2 is 2.03 bits per heavy atom. The van der Waals surface area contributed by atoms with Crippen LogP contribution in [-0.4, -0.2) is 40.7 Å². The van der Waals surface area contributed by atoms with E-state index in [9.17, 15) is 9.59 Å². The topological polar surface area (TPSA) is 103 Å². The van der Waals surface area contributed by atoms with Gasteiger partial charge in [0.1, 0.15) is 5.82 Å². The van der Waals surface area contributed by atoms with Gasteiger partial charge in [-0.05, 0) is 42.7 Å². The number of aliphatic carboxylic acids is 1. The van der Waals surface area contributed by atoms with E-state index < -0.39 is 12.6 Å². The lowest BCUT2D eigenvalue weighted by Crippen LogP contribution is -2.25. The molecule has 2 aromatic carbocycles. The number of ether oxygens (including phenoxy) is 2. The van der Waals surface area contributed by atoms with E-state index in [1.165, 1.54) is 24.4 Å². The molecule has 1 saturated carbocycles. The lowest BCUT2D eigenvalue weighted by atomic mass is 9.88. The third-order valence-corrected chi connectivity index (χ3v) is 5.94. The first-order chi connectivity index (χ1) is 16.0. The minimum atomic E-state index is -1.13. The molecule has 1 fully saturated rings. The monoisotopic (exact) mass is 469 g/mol. The van der Waals surface area contributed by atoms with Crippen molar-refractivity contribution in [3.05, 3.63) is 63.2 Å². The van der Waals surface area contributed by atoms with Gasteiger partial charge in [-0.2, -0.15) is 9.78 Å². The van der Waals surface area contributed by atoms with E-state index in [2.05, 4.69) is 5.10 Å². The summed E-state index contributed by atoms with van der Waals surface area (Å²) < 4.78 is 11.9. The van der Waals surface area contributed by atoms with Crippen LogP contribution in [0.4, 0.5) is 0 Å². The predicted octanol–water partition coefficient (Wildman–Crippen LogP) is 4.45. The van der Waals surface area contributed by atoms with E-state index in [-0.39, 0.29) is 28.0 Å². The second kappa shape index (κ2) is 10.0. The number of rotatable bonds is 7. The quantitative estimate of drug-likeness (QED) is 0.513. The lowest BCUT2D eigenvalue weighted by molar-refractivity contribution is -0.139. The summed E-state index contributed by atoms with van der Waals surface area (Å²) in [6.45, 7) is -0.549. The SMILES string of the molecule is COc1cc(C=Nn2c(C3CCCCC3)nc3ccccc3c2=O)cc(Cl)c1OCC(=O)O. The normalized spacial score (nSPS) is 14.6. The van der Waals surface area contributed by atoms with E-state index >= 15 is 0 Å². The number of hydrogen-bond donors (Lipinski definition) is 1. The molecule has 0 atom stereocenters. The third kappa shape index (κ3) is 5.01. The zero-order valence-electron chi connectivity index (χ0n) is 18.2. The summed E-state index contributed by atoms with van der Waals surface area (Å²) in [5.41, 5.74) is 1.00. The van der Waals surface area contributed by atoms with Crippen LogP contribution in [0.5, 0.6) is 11.5 Å². The molecule has 0 aliphatic heterocycles. The van der Waals surface area contributed by atoms with Crippen LogP contribution < -0.4 is 15.0 Å². The summed E-state index contributed by atoms with van der Waals surface area (Å²) in [6, 6.07) is 10.5. The van der Waals surface area contributed by atoms with Gasteiger partial charge in [0.2, 0.25) is 0 Å². The second-order valence-corrected chi connectivity index (χ2v) is 8.31. The van der Waals surface area contributed by atoms with Crippen LogP contribution in [0.3, 0.4) is 0 Å². The molecule has 0 saturated heterocycles. The van der Waals surface area contributed by atoms with Crippen molar-refractivity contribution in [2.45, 2.75) is 38.0 Å². The number of carbonyl (C=O) groups is 1. The van der Waals surface area contributed by atoms with Crippen molar-refractivity contribution in [1.82, 2.24) is 9.66 Å². The number of para-hydroxylation sites is 1. The van der Waals surface area contributed by atoms with Gasteiger partial charge in [-0.3, -0.25) is 4.79 Å². The molecule has 4 rings (SSSR count). The number of hydrogen-bond acceptors (Lipinski definition) is 6. The standard InChI is InChI=1S/C24H24ClN3O5/c1-32-20-12-15(11-18(25)22(20)33-14-21(29)30)13-26-28-23(16-7-3-2-4-8-16)27-19-10-6-5-9-17(19)24(28)31/h5-6,9-13,16H,2-4,7-8,14H2,1H3,(H,29,30). The first-order valence-electron chi connectivity index (χ1n) is 10.8. The van der Waals surface area contributed by atoms with E-state index in [4.69, 9.17) is 31.2 Å². The fourth-order valence-corrected chi connectivity index (χ4v) is 4.36. The van der Waals surface area contributed by atoms with E-state index in [0.29, 0.717) is 22.3 Å². The molecular weight excluding hydrogens is 446 g/mol. The van der Waals surface area contributed by atoms with Gasteiger partial charge < -0.3 is 14.6 Å². The van der Waals surface area contributed by atoms with Gasteiger partial charge in [0.25, 0.3) is 5.56 Å². The maximum atomic E-state index is 13.3. The van der Waals surface area contributed by atoms with Gasteiger partial charge in [-0.1, -0.05) is 43.0 Å². The smallest absolute Gasteiger partial charge is 0.341 e. The molecule has 1 heterocycles. The van der Waals surface area contributed by atoms with Crippen LogP contribution in [0.25, 0.3) is 10.9 Å².